The number of halogens is 2. The molecule has 1 amide bonds. The minimum absolute atomic E-state index is 0.0343. The van der Waals surface area contributed by atoms with Crippen molar-refractivity contribution in [3.63, 3.8) is 0 Å². The molecule has 4 rings (SSSR count). The summed E-state index contributed by atoms with van der Waals surface area (Å²) < 4.78 is 34.5. The van der Waals surface area contributed by atoms with Gasteiger partial charge in [-0.2, -0.15) is 5.10 Å². The molecular weight excluding hydrogens is 366 g/mol. The van der Waals surface area contributed by atoms with Crippen molar-refractivity contribution in [3.05, 3.63) is 59.6 Å². The molecule has 0 aliphatic heterocycles. The van der Waals surface area contributed by atoms with Crippen molar-refractivity contribution in [1.82, 2.24) is 14.8 Å². The molecule has 0 saturated heterocycles. The lowest BCUT2D eigenvalue weighted by Crippen LogP contribution is -2.15. The van der Waals surface area contributed by atoms with Gasteiger partial charge >= 0.3 is 0 Å². The minimum Gasteiger partial charge on any atom is -0.496 e. The third-order valence-corrected chi connectivity index (χ3v) is 4.75. The van der Waals surface area contributed by atoms with Crippen molar-refractivity contribution in [2.45, 2.75) is 18.8 Å². The zero-order valence-electron chi connectivity index (χ0n) is 15.4. The van der Waals surface area contributed by atoms with Crippen molar-refractivity contribution in [1.29, 1.82) is 0 Å². The quantitative estimate of drug-likeness (QED) is 0.724. The number of carbonyl (C=O) groups is 1. The number of hydrogen-bond donors (Lipinski definition) is 1. The van der Waals surface area contributed by atoms with Crippen LogP contribution < -0.4 is 10.1 Å². The number of hydrogen-bond acceptors (Lipinski definition) is 4. The molecule has 2 heterocycles. The van der Waals surface area contributed by atoms with Gasteiger partial charge in [-0.1, -0.05) is 6.07 Å². The SMILES string of the molecule is COc1ccc(C2CC2)cc1-c1cc(C(=O)Nc2c(F)cncc2F)nn1C. The predicted molar refractivity (Wildman–Crippen MR) is 99.3 cm³/mol. The Morgan fingerprint density at radius 3 is 2.57 bits per heavy atom. The highest BCUT2D eigenvalue weighted by molar-refractivity contribution is 6.03. The molecular formula is C20H18F2N4O2. The van der Waals surface area contributed by atoms with Crippen LogP contribution in [-0.2, 0) is 7.05 Å². The van der Waals surface area contributed by atoms with Crippen molar-refractivity contribution in [2.75, 3.05) is 12.4 Å². The first-order valence-electron chi connectivity index (χ1n) is 8.80. The number of rotatable bonds is 5. The number of benzene rings is 1. The van der Waals surface area contributed by atoms with E-state index in [1.165, 1.54) is 5.56 Å². The summed E-state index contributed by atoms with van der Waals surface area (Å²) in [4.78, 5) is 15.9. The molecule has 28 heavy (non-hydrogen) atoms. The van der Waals surface area contributed by atoms with E-state index in [-0.39, 0.29) is 5.69 Å². The molecule has 3 aromatic rings. The number of aryl methyl sites for hydroxylation is 1. The van der Waals surface area contributed by atoms with Gasteiger partial charge in [-0.25, -0.2) is 8.78 Å². The highest BCUT2D eigenvalue weighted by Crippen LogP contribution is 2.43. The van der Waals surface area contributed by atoms with Crippen LogP contribution in [0.1, 0.15) is 34.8 Å². The number of nitrogens with zero attached hydrogens (tertiary/aromatic N) is 3. The maximum atomic E-state index is 13.7. The smallest absolute Gasteiger partial charge is 0.276 e. The Hall–Kier alpha value is -3.29. The van der Waals surface area contributed by atoms with Crippen LogP contribution in [0.3, 0.4) is 0 Å². The Morgan fingerprint density at radius 1 is 1.21 bits per heavy atom. The van der Waals surface area contributed by atoms with Gasteiger partial charge < -0.3 is 10.1 Å². The lowest BCUT2D eigenvalue weighted by Gasteiger charge is -2.10. The molecule has 0 unspecified atom stereocenters. The van der Waals surface area contributed by atoms with Crippen LogP contribution in [-0.4, -0.2) is 27.8 Å². The van der Waals surface area contributed by atoms with Gasteiger partial charge in [0.25, 0.3) is 5.91 Å². The molecule has 0 radical (unpaired) electrons. The van der Waals surface area contributed by atoms with Crippen LogP contribution in [0.2, 0.25) is 0 Å². The maximum absolute atomic E-state index is 13.7. The van der Waals surface area contributed by atoms with Gasteiger partial charge in [0.2, 0.25) is 0 Å². The topological polar surface area (TPSA) is 69.0 Å². The lowest BCUT2D eigenvalue weighted by atomic mass is 10.0. The number of amides is 1. The van der Waals surface area contributed by atoms with E-state index in [9.17, 15) is 13.6 Å². The monoisotopic (exact) mass is 384 g/mol. The van der Waals surface area contributed by atoms with E-state index in [0.717, 1.165) is 30.8 Å². The normalized spacial score (nSPS) is 13.4. The molecule has 144 valence electrons. The van der Waals surface area contributed by atoms with Gasteiger partial charge in [0, 0.05) is 12.6 Å². The fraction of sp³-hybridized carbons (Fsp3) is 0.250. The van der Waals surface area contributed by atoms with Gasteiger partial charge in [-0.15, -0.1) is 0 Å². The van der Waals surface area contributed by atoms with E-state index in [0.29, 0.717) is 17.4 Å². The first-order valence-corrected chi connectivity index (χ1v) is 8.80. The van der Waals surface area contributed by atoms with E-state index in [4.69, 9.17) is 4.74 Å². The van der Waals surface area contributed by atoms with Crippen molar-refractivity contribution < 1.29 is 18.3 Å². The molecule has 1 aliphatic carbocycles. The second-order valence-corrected chi connectivity index (χ2v) is 6.70. The average Bonchev–Trinajstić information content (AvgIpc) is 3.46. The third-order valence-electron chi connectivity index (χ3n) is 4.75. The summed E-state index contributed by atoms with van der Waals surface area (Å²) >= 11 is 0. The zero-order chi connectivity index (χ0) is 19.8. The summed E-state index contributed by atoms with van der Waals surface area (Å²) in [5.41, 5.74) is 2.17. The number of pyridine rings is 1. The first-order chi connectivity index (χ1) is 13.5. The van der Waals surface area contributed by atoms with Gasteiger partial charge in [0.1, 0.15) is 11.4 Å². The molecule has 2 aromatic heterocycles. The lowest BCUT2D eigenvalue weighted by molar-refractivity contribution is 0.102. The van der Waals surface area contributed by atoms with Crippen LogP contribution >= 0.6 is 0 Å². The number of anilines is 1. The second-order valence-electron chi connectivity index (χ2n) is 6.70. The largest absolute Gasteiger partial charge is 0.496 e. The Labute approximate surface area is 160 Å². The fourth-order valence-electron chi connectivity index (χ4n) is 3.13. The molecule has 0 bridgehead atoms. The van der Waals surface area contributed by atoms with Crippen LogP contribution in [0, 0.1) is 11.6 Å². The van der Waals surface area contributed by atoms with Crippen LogP contribution in [0.4, 0.5) is 14.5 Å². The van der Waals surface area contributed by atoms with E-state index >= 15 is 0 Å². The summed E-state index contributed by atoms with van der Waals surface area (Å²) in [6, 6.07) is 7.55. The highest BCUT2D eigenvalue weighted by Gasteiger charge is 2.25. The van der Waals surface area contributed by atoms with Crippen LogP contribution in [0.15, 0.2) is 36.7 Å². The molecule has 6 nitrogen and oxygen atoms in total. The maximum Gasteiger partial charge on any atom is 0.276 e. The molecule has 1 saturated carbocycles. The standard InChI is InChI=1S/C20H18F2N4O2/c1-26-17(13-7-12(11-3-4-11)5-6-18(13)28-2)8-16(25-26)20(27)24-19-14(21)9-23-10-15(19)22/h5-11H,3-4H2,1-2H3,(H,23,24,27). The van der Waals surface area contributed by atoms with Gasteiger partial charge in [-0.05, 0) is 42.5 Å². The number of carbonyl (C=O) groups excluding carboxylic acids is 1. The van der Waals surface area contributed by atoms with Crippen molar-refractivity contribution >= 4 is 11.6 Å². The molecule has 1 fully saturated rings. The van der Waals surface area contributed by atoms with E-state index < -0.39 is 23.2 Å². The highest BCUT2D eigenvalue weighted by atomic mass is 19.1. The number of aromatic nitrogens is 3. The summed E-state index contributed by atoms with van der Waals surface area (Å²) in [5, 5.41) is 6.42. The number of nitrogens with one attached hydrogen (secondary N) is 1. The number of methoxy groups -OCH3 is 1. The summed E-state index contributed by atoms with van der Waals surface area (Å²) in [5.74, 6) is -1.42. The molecule has 1 aromatic carbocycles. The fourth-order valence-corrected chi connectivity index (χ4v) is 3.13. The summed E-state index contributed by atoms with van der Waals surface area (Å²) in [6.45, 7) is 0. The summed E-state index contributed by atoms with van der Waals surface area (Å²) in [7, 11) is 3.28. The predicted octanol–water partition coefficient (Wildman–Crippen LogP) is 3.90. The third kappa shape index (κ3) is 3.33. The Bertz CT molecular complexity index is 1040. The van der Waals surface area contributed by atoms with Crippen molar-refractivity contribution in [2.24, 2.45) is 7.05 Å². The molecule has 1 N–H and O–H groups in total. The molecule has 0 spiro atoms. The minimum atomic E-state index is -0.955. The van der Waals surface area contributed by atoms with E-state index in [2.05, 4.69) is 15.4 Å². The molecule has 0 atom stereocenters. The zero-order valence-corrected chi connectivity index (χ0v) is 15.4. The van der Waals surface area contributed by atoms with E-state index in [1.807, 2.05) is 18.2 Å². The summed E-state index contributed by atoms with van der Waals surface area (Å²) in [6.07, 6.45) is 3.98. The first kappa shape index (κ1) is 18.1. The van der Waals surface area contributed by atoms with E-state index in [1.54, 1.807) is 24.9 Å². The molecule has 8 heteroatoms. The second kappa shape index (κ2) is 7.03. The van der Waals surface area contributed by atoms with Gasteiger partial charge in [0.05, 0.1) is 25.2 Å². The Kier molecular flexibility index (Phi) is 4.54. The number of ether oxygens (including phenoxy) is 1. The average molecular weight is 384 g/mol. The molecule has 1 aliphatic rings. The Balaban J connectivity index is 1.67. The van der Waals surface area contributed by atoms with Gasteiger partial charge in [-0.3, -0.25) is 14.5 Å². The van der Waals surface area contributed by atoms with Crippen LogP contribution in [0.5, 0.6) is 5.75 Å². The van der Waals surface area contributed by atoms with Crippen molar-refractivity contribution in [3.8, 4) is 17.0 Å². The van der Waals surface area contributed by atoms with Crippen LogP contribution in [0.25, 0.3) is 11.3 Å². The Morgan fingerprint density at radius 2 is 1.93 bits per heavy atom. The van der Waals surface area contributed by atoms with Gasteiger partial charge in [0.15, 0.2) is 17.3 Å².